The topological polar surface area (TPSA) is 80.5 Å². The Bertz CT molecular complexity index is 381. The molecule has 0 aliphatic rings. The van der Waals surface area contributed by atoms with E-state index in [9.17, 15) is 4.79 Å². The van der Waals surface area contributed by atoms with Crippen LogP contribution in [0.3, 0.4) is 0 Å². The number of ether oxygens (including phenoxy) is 1. The summed E-state index contributed by atoms with van der Waals surface area (Å²) in [5.74, 6) is -0.289. The number of rotatable bonds is 5. The number of nitrogens with two attached hydrogens (primary N) is 1. The molecule has 0 aliphatic carbocycles. The molecule has 0 spiro atoms. The number of hydrogen-bond acceptors (Lipinski definition) is 5. The van der Waals surface area contributed by atoms with E-state index in [1.807, 2.05) is 25.1 Å². The van der Waals surface area contributed by atoms with Gasteiger partial charge in [0.25, 0.3) is 0 Å². The largest absolute Gasteiger partial charge is 0.383 e. The molecule has 17 heavy (non-hydrogen) atoms. The Hall–Kier alpha value is -1.66. The van der Waals surface area contributed by atoms with Crippen LogP contribution in [0.5, 0.6) is 0 Å². The zero-order chi connectivity index (χ0) is 12.8. The third-order valence-corrected chi connectivity index (χ3v) is 2.22. The predicted molar refractivity (Wildman–Crippen MR) is 67.0 cm³/mol. The predicted octanol–water partition coefficient (Wildman–Crippen LogP) is 0.0598. The fourth-order valence-electron chi connectivity index (χ4n) is 1.35. The summed E-state index contributed by atoms with van der Waals surface area (Å²) in [6, 6.07) is 1.13. The van der Waals surface area contributed by atoms with Crippen LogP contribution in [0.1, 0.15) is 0 Å². The van der Waals surface area contributed by atoms with Crippen molar-refractivity contribution in [2.24, 2.45) is 5.73 Å². The quantitative estimate of drug-likeness (QED) is 0.758. The highest BCUT2D eigenvalue weighted by Crippen LogP contribution is 2.22. The standard InChI is InChI=1S/C11H18N4O2/c1-15(2)10-4-5-13-6-9(10)14-11(16)8(12)7-17-3/h4-6,8H,7,12H2,1-3H3,(H,14,16). The summed E-state index contributed by atoms with van der Waals surface area (Å²) in [5.41, 5.74) is 7.14. The Morgan fingerprint density at radius 1 is 1.65 bits per heavy atom. The lowest BCUT2D eigenvalue weighted by molar-refractivity contribution is -0.118. The smallest absolute Gasteiger partial charge is 0.243 e. The first-order valence-corrected chi connectivity index (χ1v) is 5.23. The number of nitrogens with one attached hydrogen (secondary N) is 1. The third kappa shape index (κ3) is 3.69. The first kappa shape index (κ1) is 13.4. The number of anilines is 2. The van der Waals surface area contributed by atoms with Gasteiger partial charge in [0, 0.05) is 27.4 Å². The summed E-state index contributed by atoms with van der Waals surface area (Å²) >= 11 is 0. The first-order valence-electron chi connectivity index (χ1n) is 5.23. The van der Waals surface area contributed by atoms with Gasteiger partial charge in [0.2, 0.25) is 5.91 Å². The van der Waals surface area contributed by atoms with Crippen molar-refractivity contribution in [3.8, 4) is 0 Å². The average Bonchev–Trinajstić information content (AvgIpc) is 2.29. The molecule has 0 aromatic carbocycles. The van der Waals surface area contributed by atoms with Crippen molar-refractivity contribution in [1.82, 2.24) is 4.98 Å². The lowest BCUT2D eigenvalue weighted by Gasteiger charge is -2.18. The molecule has 0 radical (unpaired) electrons. The highest BCUT2D eigenvalue weighted by Gasteiger charge is 2.15. The fraction of sp³-hybridized carbons (Fsp3) is 0.455. The molecule has 6 nitrogen and oxygen atoms in total. The summed E-state index contributed by atoms with van der Waals surface area (Å²) in [6.45, 7) is 0.184. The lowest BCUT2D eigenvalue weighted by Crippen LogP contribution is -2.39. The zero-order valence-corrected chi connectivity index (χ0v) is 10.3. The molecule has 0 saturated heterocycles. The molecule has 0 fully saturated rings. The van der Waals surface area contributed by atoms with Gasteiger partial charge in [-0.05, 0) is 6.07 Å². The summed E-state index contributed by atoms with van der Waals surface area (Å²) in [5, 5.41) is 2.73. The van der Waals surface area contributed by atoms with E-state index in [0.717, 1.165) is 5.69 Å². The molecule has 1 rings (SSSR count). The molecule has 1 heterocycles. The van der Waals surface area contributed by atoms with E-state index in [0.29, 0.717) is 5.69 Å². The minimum atomic E-state index is -0.685. The van der Waals surface area contributed by atoms with Crippen LogP contribution in [-0.4, -0.2) is 44.7 Å². The molecule has 1 aromatic heterocycles. The lowest BCUT2D eigenvalue weighted by atomic mass is 10.2. The molecule has 1 amide bonds. The SMILES string of the molecule is COCC(N)C(=O)Nc1cnccc1N(C)C. The molecular formula is C11H18N4O2. The van der Waals surface area contributed by atoms with Crippen molar-refractivity contribution >= 4 is 17.3 Å². The van der Waals surface area contributed by atoms with Crippen molar-refractivity contribution < 1.29 is 9.53 Å². The van der Waals surface area contributed by atoms with Crippen molar-refractivity contribution in [1.29, 1.82) is 0 Å². The van der Waals surface area contributed by atoms with E-state index in [1.165, 1.54) is 7.11 Å². The number of aromatic nitrogens is 1. The Morgan fingerprint density at radius 2 is 2.35 bits per heavy atom. The summed E-state index contributed by atoms with van der Waals surface area (Å²) in [7, 11) is 5.28. The van der Waals surface area contributed by atoms with Gasteiger partial charge >= 0.3 is 0 Å². The van der Waals surface area contributed by atoms with Gasteiger partial charge in [0.15, 0.2) is 0 Å². The molecule has 0 aliphatic heterocycles. The van der Waals surface area contributed by atoms with Crippen molar-refractivity contribution in [2.45, 2.75) is 6.04 Å². The second-order valence-corrected chi connectivity index (χ2v) is 3.84. The monoisotopic (exact) mass is 238 g/mol. The number of pyridine rings is 1. The van der Waals surface area contributed by atoms with Crippen molar-refractivity contribution in [3.63, 3.8) is 0 Å². The van der Waals surface area contributed by atoms with Crippen LogP contribution in [0.4, 0.5) is 11.4 Å². The van der Waals surface area contributed by atoms with Gasteiger partial charge in [-0.2, -0.15) is 0 Å². The van der Waals surface area contributed by atoms with Crippen LogP contribution in [0, 0.1) is 0 Å². The highest BCUT2D eigenvalue weighted by molar-refractivity contribution is 5.97. The van der Waals surface area contributed by atoms with Crippen molar-refractivity contribution in [3.05, 3.63) is 18.5 Å². The van der Waals surface area contributed by atoms with E-state index >= 15 is 0 Å². The van der Waals surface area contributed by atoms with Gasteiger partial charge in [0.05, 0.1) is 24.2 Å². The number of hydrogen-bond donors (Lipinski definition) is 2. The molecule has 0 bridgehead atoms. The molecule has 1 unspecified atom stereocenters. The van der Waals surface area contributed by atoms with Crippen LogP contribution in [0.15, 0.2) is 18.5 Å². The van der Waals surface area contributed by atoms with E-state index in [4.69, 9.17) is 10.5 Å². The Balaban J connectivity index is 2.77. The third-order valence-electron chi connectivity index (χ3n) is 2.22. The van der Waals surface area contributed by atoms with E-state index in [-0.39, 0.29) is 12.5 Å². The summed E-state index contributed by atoms with van der Waals surface area (Å²) < 4.78 is 4.83. The highest BCUT2D eigenvalue weighted by atomic mass is 16.5. The molecule has 0 saturated carbocycles. The zero-order valence-electron chi connectivity index (χ0n) is 10.3. The van der Waals surface area contributed by atoms with Gasteiger partial charge in [-0.3, -0.25) is 9.78 Å². The van der Waals surface area contributed by atoms with Crippen molar-refractivity contribution in [2.75, 3.05) is 38.0 Å². The molecule has 1 atom stereocenters. The van der Waals surface area contributed by atoms with Crippen LogP contribution in [0.2, 0.25) is 0 Å². The van der Waals surface area contributed by atoms with Gasteiger partial charge < -0.3 is 20.7 Å². The maximum atomic E-state index is 11.7. The molecule has 1 aromatic rings. The van der Waals surface area contributed by atoms with Crippen LogP contribution >= 0.6 is 0 Å². The molecular weight excluding hydrogens is 220 g/mol. The Morgan fingerprint density at radius 3 is 2.94 bits per heavy atom. The molecule has 94 valence electrons. The average molecular weight is 238 g/mol. The van der Waals surface area contributed by atoms with E-state index in [1.54, 1.807) is 12.4 Å². The fourth-order valence-corrected chi connectivity index (χ4v) is 1.35. The number of nitrogens with zero attached hydrogens (tertiary/aromatic N) is 2. The number of carbonyl (C=O) groups excluding carboxylic acids is 1. The number of amides is 1. The first-order chi connectivity index (χ1) is 8.06. The molecule has 3 N–H and O–H groups in total. The maximum absolute atomic E-state index is 11.7. The second kappa shape index (κ2) is 6.17. The minimum absolute atomic E-state index is 0.184. The van der Waals surface area contributed by atoms with Crippen LogP contribution in [0.25, 0.3) is 0 Å². The van der Waals surface area contributed by atoms with Gasteiger partial charge in [0.1, 0.15) is 6.04 Å². The second-order valence-electron chi connectivity index (χ2n) is 3.84. The van der Waals surface area contributed by atoms with Gasteiger partial charge in [-0.15, -0.1) is 0 Å². The number of carbonyl (C=O) groups is 1. The minimum Gasteiger partial charge on any atom is -0.383 e. The molecule has 6 heteroatoms. The Labute approximate surface area is 101 Å². The maximum Gasteiger partial charge on any atom is 0.243 e. The van der Waals surface area contributed by atoms with E-state index < -0.39 is 6.04 Å². The van der Waals surface area contributed by atoms with E-state index in [2.05, 4.69) is 10.3 Å². The van der Waals surface area contributed by atoms with Crippen LogP contribution in [-0.2, 0) is 9.53 Å². The van der Waals surface area contributed by atoms with Crippen LogP contribution < -0.4 is 16.0 Å². The normalized spacial score (nSPS) is 12.0. The van der Waals surface area contributed by atoms with Gasteiger partial charge in [-0.25, -0.2) is 0 Å². The summed E-state index contributed by atoms with van der Waals surface area (Å²) in [4.78, 5) is 17.6. The number of methoxy groups -OCH3 is 1. The summed E-state index contributed by atoms with van der Waals surface area (Å²) in [6.07, 6.45) is 3.26. The van der Waals surface area contributed by atoms with Gasteiger partial charge in [-0.1, -0.05) is 0 Å². The Kier molecular flexibility index (Phi) is 4.86.